The third kappa shape index (κ3) is 4.95. The second-order valence-electron chi connectivity index (χ2n) is 6.47. The van der Waals surface area contributed by atoms with E-state index in [1.54, 1.807) is 0 Å². The van der Waals surface area contributed by atoms with E-state index in [2.05, 4.69) is 25.2 Å². The summed E-state index contributed by atoms with van der Waals surface area (Å²) in [5.41, 5.74) is -2.68. The first kappa shape index (κ1) is 23.4. The minimum absolute atomic E-state index is 0.0207. The number of hydrogen-bond donors (Lipinski definition) is 1. The highest BCUT2D eigenvalue weighted by Gasteiger charge is 2.60. The molecule has 3 aromatic rings. The average Bonchev–Trinajstić information content (AvgIpc) is 3.25. The molecule has 0 fully saturated rings. The maximum Gasteiger partial charge on any atom is 0.459 e. The molecule has 1 amide bonds. The van der Waals surface area contributed by atoms with Gasteiger partial charge in [0.15, 0.2) is 11.3 Å². The van der Waals surface area contributed by atoms with Crippen LogP contribution in [0.5, 0.6) is 0 Å². The summed E-state index contributed by atoms with van der Waals surface area (Å²) in [4.78, 5) is 16.1. The summed E-state index contributed by atoms with van der Waals surface area (Å²) in [6, 6.07) is 1.40. The average molecular weight is 472 g/mol. The number of aryl methyl sites for hydroxylation is 1. The van der Waals surface area contributed by atoms with Gasteiger partial charge in [0.2, 0.25) is 0 Å². The van der Waals surface area contributed by atoms with E-state index in [4.69, 9.17) is 0 Å². The second-order valence-corrected chi connectivity index (χ2v) is 6.47. The lowest BCUT2D eigenvalue weighted by Crippen LogP contribution is -2.36. The van der Waals surface area contributed by atoms with Crippen LogP contribution in [0.25, 0.3) is 5.65 Å². The Morgan fingerprint density at radius 2 is 1.81 bits per heavy atom. The van der Waals surface area contributed by atoms with Crippen molar-refractivity contribution in [1.29, 1.82) is 0 Å². The molecule has 32 heavy (non-hydrogen) atoms. The minimum atomic E-state index is -5.91. The Hall–Kier alpha value is -3.30. The SMILES string of the molecule is Cc1cc(C(F)(F)C(F)(F)F)n2nc(C(=O)Nc3cnn(COCC(F)(F)F)c3)cc2n1. The highest BCUT2D eigenvalue weighted by atomic mass is 19.4. The van der Waals surface area contributed by atoms with E-state index in [0.29, 0.717) is 6.07 Å². The normalized spacial score (nSPS) is 13.0. The summed E-state index contributed by atoms with van der Waals surface area (Å²) < 4.78 is 108. The molecule has 0 aliphatic heterocycles. The second kappa shape index (κ2) is 7.99. The molecule has 0 aromatic carbocycles. The van der Waals surface area contributed by atoms with Crippen molar-refractivity contribution in [3.63, 3.8) is 0 Å². The van der Waals surface area contributed by atoms with Gasteiger partial charge in [-0.25, -0.2) is 14.2 Å². The van der Waals surface area contributed by atoms with Crippen molar-refractivity contribution in [1.82, 2.24) is 24.4 Å². The van der Waals surface area contributed by atoms with Gasteiger partial charge in [-0.15, -0.1) is 0 Å². The summed E-state index contributed by atoms with van der Waals surface area (Å²) in [7, 11) is 0. The van der Waals surface area contributed by atoms with Crippen molar-refractivity contribution in [2.24, 2.45) is 0 Å². The van der Waals surface area contributed by atoms with E-state index in [1.807, 2.05) is 0 Å². The van der Waals surface area contributed by atoms with Gasteiger partial charge in [-0.2, -0.15) is 45.3 Å². The van der Waals surface area contributed by atoms with E-state index in [0.717, 1.165) is 23.1 Å². The lowest BCUT2D eigenvalue weighted by Gasteiger charge is -2.20. The maximum atomic E-state index is 13.9. The van der Waals surface area contributed by atoms with Crippen LogP contribution in [-0.4, -0.2) is 49.2 Å². The number of carbonyl (C=O) groups excluding carboxylic acids is 1. The highest BCUT2D eigenvalue weighted by molar-refractivity contribution is 6.03. The van der Waals surface area contributed by atoms with Crippen LogP contribution < -0.4 is 5.32 Å². The molecule has 16 heteroatoms. The zero-order valence-corrected chi connectivity index (χ0v) is 15.8. The van der Waals surface area contributed by atoms with Gasteiger partial charge in [0.05, 0.1) is 18.1 Å². The first-order valence-corrected chi connectivity index (χ1v) is 8.48. The number of amides is 1. The fourth-order valence-corrected chi connectivity index (χ4v) is 2.53. The Morgan fingerprint density at radius 1 is 1.12 bits per heavy atom. The zero-order valence-electron chi connectivity index (χ0n) is 15.8. The third-order valence-corrected chi connectivity index (χ3v) is 3.85. The molecule has 3 rings (SSSR count). The van der Waals surface area contributed by atoms with E-state index in [1.165, 1.54) is 6.92 Å². The number of ether oxygens (including phenoxy) is 1. The topological polar surface area (TPSA) is 86.3 Å². The molecule has 3 heterocycles. The molecule has 0 atom stereocenters. The smallest absolute Gasteiger partial charge is 0.350 e. The molecule has 0 aliphatic rings. The van der Waals surface area contributed by atoms with E-state index >= 15 is 0 Å². The van der Waals surface area contributed by atoms with Gasteiger partial charge >= 0.3 is 18.3 Å². The first-order chi connectivity index (χ1) is 14.7. The van der Waals surface area contributed by atoms with Gasteiger partial charge in [0, 0.05) is 11.8 Å². The number of halogens is 8. The number of hydrogen-bond acceptors (Lipinski definition) is 5. The molecule has 0 radical (unpaired) electrons. The van der Waals surface area contributed by atoms with Crippen LogP contribution in [0.2, 0.25) is 0 Å². The Bertz CT molecular complexity index is 1130. The molecule has 0 saturated carbocycles. The highest BCUT2D eigenvalue weighted by Crippen LogP contribution is 2.43. The van der Waals surface area contributed by atoms with Gasteiger partial charge < -0.3 is 10.1 Å². The Labute approximate surface area is 172 Å². The fourth-order valence-electron chi connectivity index (χ4n) is 2.53. The zero-order chi connectivity index (χ0) is 23.9. The van der Waals surface area contributed by atoms with Gasteiger partial charge in [0.1, 0.15) is 19.0 Å². The summed E-state index contributed by atoms with van der Waals surface area (Å²) in [5.74, 6) is -6.28. The number of alkyl halides is 8. The molecule has 0 spiro atoms. The molecule has 0 saturated heterocycles. The van der Waals surface area contributed by atoms with Crippen molar-refractivity contribution in [2.45, 2.75) is 31.9 Å². The summed E-state index contributed by atoms with van der Waals surface area (Å²) in [6.07, 6.45) is -8.29. The number of nitrogens with zero attached hydrogens (tertiary/aromatic N) is 5. The molecular formula is C16H12F8N6O2. The van der Waals surface area contributed by atoms with Crippen molar-refractivity contribution in [3.8, 4) is 0 Å². The number of carbonyl (C=O) groups is 1. The molecule has 174 valence electrons. The predicted molar refractivity (Wildman–Crippen MR) is 89.9 cm³/mol. The molecule has 3 aromatic heterocycles. The summed E-state index contributed by atoms with van der Waals surface area (Å²) >= 11 is 0. The molecular weight excluding hydrogens is 460 g/mol. The van der Waals surface area contributed by atoms with Crippen LogP contribution in [0.1, 0.15) is 21.9 Å². The van der Waals surface area contributed by atoms with Crippen LogP contribution in [0.4, 0.5) is 40.8 Å². The Morgan fingerprint density at radius 3 is 2.44 bits per heavy atom. The third-order valence-electron chi connectivity index (χ3n) is 3.85. The Balaban J connectivity index is 1.81. The first-order valence-electron chi connectivity index (χ1n) is 8.48. The van der Waals surface area contributed by atoms with Gasteiger partial charge in [-0.1, -0.05) is 0 Å². The van der Waals surface area contributed by atoms with Gasteiger partial charge in [-0.05, 0) is 13.0 Å². The molecule has 0 bridgehead atoms. The van der Waals surface area contributed by atoms with Gasteiger partial charge in [0.25, 0.3) is 5.91 Å². The van der Waals surface area contributed by atoms with Crippen molar-refractivity contribution in [2.75, 3.05) is 11.9 Å². The number of aromatic nitrogens is 5. The van der Waals surface area contributed by atoms with E-state index < -0.39 is 54.6 Å². The molecule has 1 N–H and O–H groups in total. The summed E-state index contributed by atoms with van der Waals surface area (Å²) in [5, 5.41) is 9.39. The monoisotopic (exact) mass is 472 g/mol. The van der Waals surface area contributed by atoms with E-state index in [9.17, 15) is 39.9 Å². The van der Waals surface area contributed by atoms with E-state index in [-0.39, 0.29) is 15.9 Å². The van der Waals surface area contributed by atoms with Crippen LogP contribution in [0.15, 0.2) is 24.5 Å². The van der Waals surface area contributed by atoms with Crippen LogP contribution in [-0.2, 0) is 17.4 Å². The maximum absolute atomic E-state index is 13.9. The lowest BCUT2D eigenvalue weighted by molar-refractivity contribution is -0.291. The number of nitrogens with one attached hydrogen (secondary N) is 1. The van der Waals surface area contributed by atoms with Crippen molar-refractivity contribution >= 4 is 17.2 Å². The van der Waals surface area contributed by atoms with Gasteiger partial charge in [-0.3, -0.25) is 4.79 Å². The fraction of sp³-hybridized carbons (Fsp3) is 0.375. The predicted octanol–water partition coefficient (Wildman–Crippen LogP) is 3.68. The Kier molecular flexibility index (Phi) is 5.84. The minimum Gasteiger partial charge on any atom is -0.350 e. The van der Waals surface area contributed by atoms with Crippen LogP contribution in [0, 0.1) is 6.92 Å². The molecule has 0 unspecified atom stereocenters. The number of fused-ring (bicyclic) bond motifs is 1. The number of anilines is 1. The van der Waals surface area contributed by atoms with Crippen molar-refractivity contribution < 1.29 is 44.7 Å². The summed E-state index contributed by atoms with van der Waals surface area (Å²) in [6.45, 7) is -0.909. The quantitative estimate of drug-likeness (QED) is 0.554. The standard InChI is InChI=1S/C16H12F8N6O2/c1-8-2-11(15(20,21)16(22,23)24)30-12(26-8)3-10(28-30)13(31)27-9-4-25-29(5-9)7-32-6-14(17,18)19/h2-5H,6-7H2,1H3,(H,27,31). The van der Waals surface area contributed by atoms with Crippen LogP contribution >= 0.6 is 0 Å². The lowest BCUT2D eigenvalue weighted by atomic mass is 10.2. The van der Waals surface area contributed by atoms with Crippen molar-refractivity contribution in [3.05, 3.63) is 41.6 Å². The molecule has 0 aliphatic carbocycles. The largest absolute Gasteiger partial charge is 0.459 e. The van der Waals surface area contributed by atoms with Crippen LogP contribution in [0.3, 0.4) is 0 Å². The number of rotatable bonds is 6. The molecule has 8 nitrogen and oxygen atoms in total.